The third kappa shape index (κ3) is 3.07. The second kappa shape index (κ2) is 6.87. The van der Waals surface area contributed by atoms with Crippen molar-refractivity contribution < 1.29 is 4.79 Å². The summed E-state index contributed by atoms with van der Waals surface area (Å²) in [5.41, 5.74) is 5.20. The number of aromatic amines is 1. The second-order valence-electron chi connectivity index (χ2n) is 7.20. The van der Waals surface area contributed by atoms with E-state index in [9.17, 15) is 4.79 Å². The summed E-state index contributed by atoms with van der Waals surface area (Å²) in [5, 5.41) is 4.71. The van der Waals surface area contributed by atoms with E-state index in [4.69, 9.17) is 0 Å². The molecule has 1 fully saturated rings. The molecule has 2 heterocycles. The van der Waals surface area contributed by atoms with Gasteiger partial charge in [-0.3, -0.25) is 4.79 Å². The summed E-state index contributed by atoms with van der Waals surface area (Å²) in [7, 11) is 0. The third-order valence-corrected chi connectivity index (χ3v) is 5.43. The number of para-hydroxylation sites is 2. The normalized spacial score (nSPS) is 17.5. The number of aromatic nitrogens is 1. The number of fused-ring (bicyclic) bond motifs is 1. The minimum atomic E-state index is 0.122. The maximum Gasteiger partial charge on any atom is 0.256 e. The molecule has 0 saturated carbocycles. The summed E-state index contributed by atoms with van der Waals surface area (Å²) >= 11 is 0. The maximum atomic E-state index is 13.2. The van der Waals surface area contributed by atoms with Crippen LogP contribution >= 0.6 is 0 Å². The number of anilines is 1. The number of hydrogen-bond acceptors (Lipinski definition) is 2. The fourth-order valence-corrected chi connectivity index (χ4v) is 3.88. The lowest BCUT2D eigenvalue weighted by atomic mass is 10.0. The Morgan fingerprint density at radius 2 is 1.92 bits per heavy atom. The van der Waals surface area contributed by atoms with Crippen LogP contribution in [-0.4, -0.2) is 34.9 Å². The number of carbonyl (C=O) groups excluding carboxylic acids is 1. The van der Waals surface area contributed by atoms with Crippen LogP contribution in [0, 0.1) is 13.8 Å². The van der Waals surface area contributed by atoms with Crippen molar-refractivity contribution in [2.24, 2.45) is 0 Å². The largest absolute Gasteiger partial charge is 0.381 e. The molecule has 1 aliphatic rings. The average molecular weight is 347 g/mol. The van der Waals surface area contributed by atoms with Gasteiger partial charge in [-0.25, -0.2) is 0 Å². The van der Waals surface area contributed by atoms with Crippen molar-refractivity contribution in [1.29, 1.82) is 0 Å². The Balaban J connectivity index is 1.55. The number of rotatable bonds is 3. The summed E-state index contributed by atoms with van der Waals surface area (Å²) in [6.07, 6.45) is 2.11. The van der Waals surface area contributed by atoms with Gasteiger partial charge in [-0.1, -0.05) is 30.3 Å². The molecule has 0 aliphatic carbocycles. The Hall–Kier alpha value is -2.75. The summed E-state index contributed by atoms with van der Waals surface area (Å²) in [6, 6.07) is 16.5. The van der Waals surface area contributed by atoms with E-state index >= 15 is 0 Å². The summed E-state index contributed by atoms with van der Waals surface area (Å²) in [5.74, 6) is 0.122. The van der Waals surface area contributed by atoms with Crippen LogP contribution in [0.3, 0.4) is 0 Å². The number of carbonyl (C=O) groups is 1. The molecule has 1 saturated heterocycles. The van der Waals surface area contributed by atoms with Gasteiger partial charge < -0.3 is 15.2 Å². The molecule has 1 atom stereocenters. The predicted molar refractivity (Wildman–Crippen MR) is 107 cm³/mol. The van der Waals surface area contributed by atoms with E-state index in [0.29, 0.717) is 6.04 Å². The highest BCUT2D eigenvalue weighted by molar-refractivity contribution is 6.06. The first-order valence-electron chi connectivity index (χ1n) is 9.32. The Kier molecular flexibility index (Phi) is 4.41. The fourth-order valence-electron chi connectivity index (χ4n) is 3.88. The lowest BCUT2D eigenvalue weighted by Gasteiger charge is -2.34. The fraction of sp³-hybridized carbons (Fsp3) is 0.318. The number of H-pyrrole nitrogens is 1. The number of nitrogens with one attached hydrogen (secondary N) is 2. The zero-order chi connectivity index (χ0) is 18.1. The van der Waals surface area contributed by atoms with Gasteiger partial charge in [-0.15, -0.1) is 0 Å². The molecule has 2 N–H and O–H groups in total. The SMILES string of the molecule is Cc1[nH]c2c(C(=O)N3CCC[C@H](Nc4ccccc4)C3)cccc2c1C. The van der Waals surface area contributed by atoms with Crippen LogP contribution < -0.4 is 5.32 Å². The number of amides is 1. The molecule has 1 aliphatic heterocycles. The molecule has 1 amide bonds. The quantitative estimate of drug-likeness (QED) is 0.733. The topological polar surface area (TPSA) is 48.1 Å². The highest BCUT2D eigenvalue weighted by Gasteiger charge is 2.26. The standard InChI is InChI=1S/C22H25N3O/c1-15-16(2)23-21-19(15)11-6-12-20(21)22(26)25-13-7-10-18(14-25)24-17-8-4-3-5-9-17/h3-6,8-9,11-12,18,23-24H,7,10,13-14H2,1-2H3/t18-/m0/s1. The first kappa shape index (κ1) is 16.7. The Morgan fingerprint density at radius 3 is 2.73 bits per heavy atom. The molecule has 0 spiro atoms. The first-order valence-corrected chi connectivity index (χ1v) is 9.32. The smallest absolute Gasteiger partial charge is 0.256 e. The van der Waals surface area contributed by atoms with Crippen molar-refractivity contribution in [3.63, 3.8) is 0 Å². The molecular formula is C22H25N3O. The van der Waals surface area contributed by atoms with Gasteiger partial charge in [0.25, 0.3) is 5.91 Å². The zero-order valence-corrected chi connectivity index (χ0v) is 15.4. The van der Waals surface area contributed by atoms with Gasteiger partial charge >= 0.3 is 0 Å². The number of nitrogens with zero attached hydrogens (tertiary/aromatic N) is 1. The molecule has 26 heavy (non-hydrogen) atoms. The van der Waals surface area contributed by atoms with E-state index in [1.165, 1.54) is 5.56 Å². The van der Waals surface area contributed by atoms with E-state index < -0.39 is 0 Å². The summed E-state index contributed by atoms with van der Waals surface area (Å²) < 4.78 is 0. The van der Waals surface area contributed by atoms with Crippen LogP contribution in [-0.2, 0) is 0 Å². The molecular weight excluding hydrogens is 322 g/mol. The van der Waals surface area contributed by atoms with Crippen LogP contribution in [0.2, 0.25) is 0 Å². The van der Waals surface area contributed by atoms with Gasteiger partial charge in [0, 0.05) is 35.9 Å². The highest BCUT2D eigenvalue weighted by atomic mass is 16.2. The van der Waals surface area contributed by atoms with E-state index in [-0.39, 0.29) is 5.91 Å². The summed E-state index contributed by atoms with van der Waals surface area (Å²) in [4.78, 5) is 18.6. The second-order valence-corrected chi connectivity index (χ2v) is 7.20. The molecule has 0 radical (unpaired) electrons. The molecule has 1 aromatic heterocycles. The first-order chi connectivity index (χ1) is 12.6. The molecule has 4 nitrogen and oxygen atoms in total. The lowest BCUT2D eigenvalue weighted by molar-refractivity contribution is 0.0716. The van der Waals surface area contributed by atoms with Crippen LogP contribution in [0.5, 0.6) is 0 Å². The number of piperidine rings is 1. The molecule has 134 valence electrons. The monoisotopic (exact) mass is 347 g/mol. The molecule has 0 unspecified atom stereocenters. The lowest BCUT2D eigenvalue weighted by Crippen LogP contribution is -2.45. The van der Waals surface area contributed by atoms with Crippen molar-refractivity contribution in [3.8, 4) is 0 Å². The van der Waals surface area contributed by atoms with E-state index in [1.807, 2.05) is 35.2 Å². The van der Waals surface area contributed by atoms with Gasteiger partial charge in [-0.2, -0.15) is 0 Å². The molecule has 0 bridgehead atoms. The molecule has 3 aromatic rings. The Bertz CT molecular complexity index is 929. The molecule has 2 aromatic carbocycles. The Morgan fingerprint density at radius 1 is 1.12 bits per heavy atom. The average Bonchev–Trinajstić information content (AvgIpc) is 2.96. The molecule has 4 heteroatoms. The number of likely N-dealkylation sites (tertiary alicyclic amines) is 1. The number of aryl methyl sites for hydroxylation is 2. The van der Waals surface area contributed by atoms with Crippen LogP contribution in [0.4, 0.5) is 5.69 Å². The third-order valence-electron chi connectivity index (χ3n) is 5.43. The highest BCUT2D eigenvalue weighted by Crippen LogP contribution is 2.26. The van der Waals surface area contributed by atoms with Gasteiger partial charge in [-0.05, 0) is 50.5 Å². The van der Waals surface area contributed by atoms with E-state index in [0.717, 1.165) is 53.8 Å². The van der Waals surface area contributed by atoms with Crippen molar-refractivity contribution in [1.82, 2.24) is 9.88 Å². The summed E-state index contributed by atoms with van der Waals surface area (Å²) in [6.45, 7) is 5.72. The minimum absolute atomic E-state index is 0.122. The van der Waals surface area contributed by atoms with Crippen LogP contribution in [0.1, 0.15) is 34.5 Å². The zero-order valence-electron chi connectivity index (χ0n) is 15.4. The van der Waals surface area contributed by atoms with Gasteiger partial charge in [0.1, 0.15) is 0 Å². The number of benzene rings is 2. The van der Waals surface area contributed by atoms with Crippen molar-refractivity contribution in [3.05, 3.63) is 65.4 Å². The van der Waals surface area contributed by atoms with E-state index in [2.05, 4.69) is 42.3 Å². The van der Waals surface area contributed by atoms with Gasteiger partial charge in [0.2, 0.25) is 0 Å². The van der Waals surface area contributed by atoms with Crippen LogP contribution in [0.15, 0.2) is 48.5 Å². The van der Waals surface area contributed by atoms with Gasteiger partial charge in [0.05, 0.1) is 11.1 Å². The number of hydrogen-bond donors (Lipinski definition) is 2. The van der Waals surface area contributed by atoms with Crippen LogP contribution in [0.25, 0.3) is 10.9 Å². The van der Waals surface area contributed by atoms with Crippen molar-refractivity contribution in [2.75, 3.05) is 18.4 Å². The van der Waals surface area contributed by atoms with Crippen molar-refractivity contribution >= 4 is 22.5 Å². The Labute approximate surface area is 154 Å². The predicted octanol–water partition coefficient (Wildman–Crippen LogP) is 4.50. The van der Waals surface area contributed by atoms with Crippen molar-refractivity contribution in [2.45, 2.75) is 32.7 Å². The van der Waals surface area contributed by atoms with Gasteiger partial charge in [0.15, 0.2) is 0 Å². The maximum absolute atomic E-state index is 13.2. The minimum Gasteiger partial charge on any atom is -0.381 e. The molecule has 4 rings (SSSR count). The van der Waals surface area contributed by atoms with E-state index in [1.54, 1.807) is 0 Å².